The summed E-state index contributed by atoms with van der Waals surface area (Å²) in [5.41, 5.74) is 1.09. The van der Waals surface area contributed by atoms with E-state index in [9.17, 15) is 15.2 Å². The van der Waals surface area contributed by atoms with Crippen LogP contribution in [-0.4, -0.2) is 24.2 Å². The van der Waals surface area contributed by atoms with Crippen LogP contribution in [0.2, 0.25) is 0 Å². The van der Waals surface area contributed by atoms with Crippen LogP contribution in [0.5, 0.6) is 11.5 Å². The molecule has 0 spiro atoms. The van der Waals surface area contributed by atoms with E-state index in [2.05, 4.69) is 0 Å². The average Bonchev–Trinajstić information content (AvgIpc) is 2.53. The molecule has 0 radical (unpaired) electrons. The van der Waals surface area contributed by atoms with Crippen LogP contribution < -0.4 is 9.47 Å². The molecule has 2 aromatic rings. The molecule has 0 aliphatic rings. The molecule has 21 heavy (non-hydrogen) atoms. The monoisotopic (exact) mass is 289 g/mol. The van der Waals surface area contributed by atoms with Crippen LogP contribution in [0.3, 0.4) is 0 Å². The smallest absolute Gasteiger partial charge is 0.269 e. The summed E-state index contributed by atoms with van der Waals surface area (Å²) in [4.78, 5) is 10.2. The summed E-state index contributed by atoms with van der Waals surface area (Å²) in [6.45, 7) is 0. The third kappa shape index (κ3) is 3.11. The molecule has 6 heteroatoms. The fraction of sp³-hybridized carbons (Fsp3) is 0.200. The minimum absolute atomic E-state index is 0.0207. The van der Waals surface area contributed by atoms with Gasteiger partial charge in [0, 0.05) is 23.8 Å². The summed E-state index contributed by atoms with van der Waals surface area (Å²) >= 11 is 0. The maximum Gasteiger partial charge on any atom is 0.269 e. The highest BCUT2D eigenvalue weighted by molar-refractivity contribution is 5.46. The van der Waals surface area contributed by atoms with E-state index in [1.807, 2.05) is 0 Å². The molecule has 110 valence electrons. The molecular formula is C15H15NO5. The van der Waals surface area contributed by atoms with Crippen molar-refractivity contribution < 1.29 is 19.5 Å². The molecule has 0 fully saturated rings. The second-order valence-corrected chi connectivity index (χ2v) is 4.36. The number of aliphatic hydroxyl groups excluding tert-OH is 1. The normalized spacial score (nSPS) is 11.8. The maximum atomic E-state index is 10.6. The van der Waals surface area contributed by atoms with Crippen molar-refractivity contribution >= 4 is 5.69 Å². The van der Waals surface area contributed by atoms with Crippen LogP contribution in [-0.2, 0) is 0 Å². The molecule has 0 bridgehead atoms. The number of aliphatic hydroxyl groups is 1. The highest BCUT2D eigenvalue weighted by atomic mass is 16.6. The molecule has 2 aromatic carbocycles. The van der Waals surface area contributed by atoms with Gasteiger partial charge in [-0.25, -0.2) is 0 Å². The minimum Gasteiger partial charge on any atom is -0.497 e. The molecule has 0 unspecified atom stereocenters. The van der Waals surface area contributed by atoms with Gasteiger partial charge in [0.25, 0.3) is 5.69 Å². The molecule has 1 atom stereocenters. The lowest BCUT2D eigenvalue weighted by atomic mass is 10.00. The Morgan fingerprint density at radius 2 is 1.76 bits per heavy atom. The van der Waals surface area contributed by atoms with Gasteiger partial charge in [-0.3, -0.25) is 10.1 Å². The number of non-ortho nitro benzene ring substituents is 1. The summed E-state index contributed by atoms with van der Waals surface area (Å²) in [7, 11) is 3.04. The Balaban J connectivity index is 2.34. The van der Waals surface area contributed by atoms with Crippen molar-refractivity contribution in [2.24, 2.45) is 0 Å². The van der Waals surface area contributed by atoms with Crippen molar-refractivity contribution in [2.45, 2.75) is 6.10 Å². The van der Waals surface area contributed by atoms with E-state index in [1.165, 1.54) is 31.4 Å². The highest BCUT2D eigenvalue weighted by Gasteiger charge is 2.17. The van der Waals surface area contributed by atoms with E-state index in [0.29, 0.717) is 22.6 Å². The SMILES string of the molecule is COc1ccc([C@@H](O)c2ccc([N+](=O)[O-])cc2)c(OC)c1. The quantitative estimate of drug-likeness (QED) is 0.676. The lowest BCUT2D eigenvalue weighted by Gasteiger charge is -2.16. The lowest BCUT2D eigenvalue weighted by molar-refractivity contribution is -0.384. The first-order chi connectivity index (χ1) is 10.1. The number of benzene rings is 2. The zero-order valence-corrected chi connectivity index (χ0v) is 11.6. The van der Waals surface area contributed by atoms with Gasteiger partial charge in [0.15, 0.2) is 0 Å². The van der Waals surface area contributed by atoms with Crippen molar-refractivity contribution in [1.82, 2.24) is 0 Å². The summed E-state index contributed by atoms with van der Waals surface area (Å²) in [5, 5.41) is 21.0. The van der Waals surface area contributed by atoms with Crippen LogP contribution in [0.4, 0.5) is 5.69 Å². The molecule has 0 heterocycles. The van der Waals surface area contributed by atoms with Gasteiger partial charge in [-0.05, 0) is 29.8 Å². The van der Waals surface area contributed by atoms with E-state index in [0.717, 1.165) is 0 Å². The first kappa shape index (κ1) is 14.8. The average molecular weight is 289 g/mol. The van der Waals surface area contributed by atoms with Crippen molar-refractivity contribution in [3.8, 4) is 11.5 Å². The summed E-state index contributed by atoms with van der Waals surface area (Å²) in [6.07, 6.45) is -0.938. The third-order valence-corrected chi connectivity index (χ3v) is 3.15. The predicted molar refractivity (Wildman–Crippen MR) is 76.7 cm³/mol. The Kier molecular flexibility index (Phi) is 4.39. The number of rotatable bonds is 5. The molecule has 6 nitrogen and oxygen atoms in total. The Hall–Kier alpha value is -2.60. The molecular weight excluding hydrogens is 274 g/mol. The standard InChI is InChI=1S/C15H15NO5/c1-20-12-7-8-13(14(9-12)21-2)15(17)10-3-5-11(6-4-10)16(18)19/h3-9,15,17H,1-2H3/t15-/m0/s1. The molecule has 1 N–H and O–H groups in total. The van der Waals surface area contributed by atoms with Crippen molar-refractivity contribution in [3.05, 3.63) is 63.7 Å². The van der Waals surface area contributed by atoms with Crippen LogP contribution >= 0.6 is 0 Å². The van der Waals surface area contributed by atoms with E-state index >= 15 is 0 Å². The Morgan fingerprint density at radius 3 is 2.29 bits per heavy atom. The highest BCUT2D eigenvalue weighted by Crippen LogP contribution is 2.33. The number of ether oxygens (including phenoxy) is 2. The second-order valence-electron chi connectivity index (χ2n) is 4.36. The fourth-order valence-electron chi connectivity index (χ4n) is 2.00. The van der Waals surface area contributed by atoms with Crippen molar-refractivity contribution in [3.63, 3.8) is 0 Å². The number of nitro benzene ring substituents is 1. The maximum absolute atomic E-state index is 10.6. The minimum atomic E-state index is -0.938. The van der Waals surface area contributed by atoms with Gasteiger partial charge in [-0.2, -0.15) is 0 Å². The molecule has 2 rings (SSSR count). The molecule has 0 aliphatic heterocycles. The molecule has 0 saturated heterocycles. The van der Waals surface area contributed by atoms with Crippen LogP contribution in [0.15, 0.2) is 42.5 Å². The van der Waals surface area contributed by atoms with Crippen LogP contribution in [0.1, 0.15) is 17.2 Å². The van der Waals surface area contributed by atoms with Gasteiger partial charge in [0.05, 0.1) is 19.1 Å². The van der Waals surface area contributed by atoms with Gasteiger partial charge in [-0.1, -0.05) is 0 Å². The van der Waals surface area contributed by atoms with E-state index in [4.69, 9.17) is 9.47 Å². The van der Waals surface area contributed by atoms with E-state index < -0.39 is 11.0 Å². The summed E-state index contributed by atoms with van der Waals surface area (Å²) in [6, 6.07) is 10.8. The van der Waals surface area contributed by atoms with E-state index in [1.54, 1.807) is 25.3 Å². The topological polar surface area (TPSA) is 81.8 Å². The fourth-order valence-corrected chi connectivity index (χ4v) is 2.00. The number of nitrogens with zero attached hydrogens (tertiary/aromatic N) is 1. The number of hydrogen-bond acceptors (Lipinski definition) is 5. The van der Waals surface area contributed by atoms with Gasteiger partial charge in [-0.15, -0.1) is 0 Å². The molecule has 0 amide bonds. The zero-order chi connectivity index (χ0) is 15.4. The zero-order valence-electron chi connectivity index (χ0n) is 11.6. The lowest BCUT2D eigenvalue weighted by Crippen LogP contribution is -2.03. The Morgan fingerprint density at radius 1 is 1.10 bits per heavy atom. The van der Waals surface area contributed by atoms with Crippen molar-refractivity contribution in [2.75, 3.05) is 14.2 Å². The van der Waals surface area contributed by atoms with E-state index in [-0.39, 0.29) is 5.69 Å². The number of hydrogen-bond donors (Lipinski definition) is 1. The van der Waals surface area contributed by atoms with Crippen molar-refractivity contribution in [1.29, 1.82) is 0 Å². The van der Waals surface area contributed by atoms with Crippen LogP contribution in [0.25, 0.3) is 0 Å². The largest absolute Gasteiger partial charge is 0.497 e. The first-order valence-corrected chi connectivity index (χ1v) is 6.21. The molecule has 0 aromatic heterocycles. The molecule has 0 aliphatic carbocycles. The second kappa shape index (κ2) is 6.23. The first-order valence-electron chi connectivity index (χ1n) is 6.21. The third-order valence-electron chi connectivity index (χ3n) is 3.15. The summed E-state index contributed by atoms with van der Waals surface area (Å²) < 4.78 is 10.3. The summed E-state index contributed by atoms with van der Waals surface area (Å²) in [5.74, 6) is 1.10. The number of methoxy groups -OCH3 is 2. The van der Waals surface area contributed by atoms with Gasteiger partial charge >= 0.3 is 0 Å². The Labute approximate surface area is 121 Å². The van der Waals surface area contributed by atoms with Gasteiger partial charge < -0.3 is 14.6 Å². The Bertz CT molecular complexity index is 639. The van der Waals surface area contributed by atoms with Gasteiger partial charge in [0.1, 0.15) is 17.6 Å². The van der Waals surface area contributed by atoms with Crippen LogP contribution in [0, 0.1) is 10.1 Å². The predicted octanol–water partition coefficient (Wildman–Crippen LogP) is 2.69. The number of nitro groups is 1. The molecule has 0 saturated carbocycles. The van der Waals surface area contributed by atoms with Gasteiger partial charge in [0.2, 0.25) is 0 Å².